The Morgan fingerprint density at radius 2 is 1.73 bits per heavy atom. The van der Waals surface area contributed by atoms with Crippen LogP contribution in [0.1, 0.15) is 5.56 Å². The number of sulfonamides is 1. The Kier molecular flexibility index (Phi) is 4.34. The van der Waals surface area contributed by atoms with E-state index in [9.17, 15) is 26.4 Å². The van der Waals surface area contributed by atoms with Gasteiger partial charge >= 0.3 is 12.3 Å². The Morgan fingerprint density at radius 1 is 1.14 bits per heavy atom. The van der Waals surface area contributed by atoms with Gasteiger partial charge in [0.1, 0.15) is 0 Å². The molecule has 1 aromatic rings. The molecular formula is C12H13F3N2O4S. The molecule has 1 aliphatic rings. The highest BCUT2D eigenvalue weighted by Crippen LogP contribution is 2.31. The van der Waals surface area contributed by atoms with Gasteiger partial charge in [0.05, 0.1) is 10.5 Å². The number of piperazine rings is 1. The second-order valence-electron chi connectivity index (χ2n) is 4.70. The highest BCUT2D eigenvalue weighted by atomic mass is 32.2. The molecular weight excluding hydrogens is 325 g/mol. The van der Waals surface area contributed by atoms with Crippen LogP contribution in [0.5, 0.6) is 0 Å². The molecule has 6 nitrogen and oxygen atoms in total. The van der Waals surface area contributed by atoms with Crippen molar-refractivity contribution in [3.8, 4) is 0 Å². The van der Waals surface area contributed by atoms with E-state index in [0.717, 1.165) is 27.4 Å². The molecule has 1 aromatic carbocycles. The van der Waals surface area contributed by atoms with E-state index in [1.807, 2.05) is 0 Å². The first-order valence-corrected chi connectivity index (χ1v) is 7.71. The molecule has 0 bridgehead atoms. The molecule has 0 spiro atoms. The van der Waals surface area contributed by atoms with Crippen LogP contribution in [0.4, 0.5) is 18.0 Å². The van der Waals surface area contributed by atoms with Crippen molar-refractivity contribution in [3.05, 3.63) is 29.8 Å². The molecule has 1 fully saturated rings. The van der Waals surface area contributed by atoms with Crippen molar-refractivity contribution in [2.45, 2.75) is 11.1 Å². The molecule has 122 valence electrons. The fourth-order valence-electron chi connectivity index (χ4n) is 2.10. The predicted molar refractivity (Wildman–Crippen MR) is 69.8 cm³/mol. The van der Waals surface area contributed by atoms with Crippen LogP contribution >= 0.6 is 0 Å². The fourth-order valence-corrected chi connectivity index (χ4v) is 3.57. The average molecular weight is 338 g/mol. The van der Waals surface area contributed by atoms with Crippen LogP contribution in [0.3, 0.4) is 0 Å². The molecule has 0 saturated carbocycles. The molecule has 0 radical (unpaired) electrons. The molecule has 22 heavy (non-hydrogen) atoms. The Hall–Kier alpha value is -1.81. The summed E-state index contributed by atoms with van der Waals surface area (Å²) in [4.78, 5) is 11.4. The largest absolute Gasteiger partial charge is 0.465 e. The summed E-state index contributed by atoms with van der Waals surface area (Å²) in [7, 11) is -4.08. The predicted octanol–water partition coefficient (Wildman–Crippen LogP) is 1.69. The maximum Gasteiger partial charge on any atom is 0.416 e. The molecule has 2 rings (SSSR count). The Balaban J connectivity index is 2.23. The fraction of sp³-hybridized carbons (Fsp3) is 0.417. The quantitative estimate of drug-likeness (QED) is 0.890. The van der Waals surface area contributed by atoms with E-state index in [1.54, 1.807) is 0 Å². The Bertz CT molecular complexity index is 667. The molecule has 0 atom stereocenters. The zero-order valence-electron chi connectivity index (χ0n) is 11.2. The number of hydrogen-bond donors (Lipinski definition) is 1. The van der Waals surface area contributed by atoms with Crippen LogP contribution in [0.25, 0.3) is 0 Å². The van der Waals surface area contributed by atoms with E-state index in [2.05, 4.69) is 0 Å². The van der Waals surface area contributed by atoms with Gasteiger partial charge in [-0.1, -0.05) is 6.07 Å². The normalized spacial score (nSPS) is 17.5. The van der Waals surface area contributed by atoms with Gasteiger partial charge in [0.25, 0.3) is 0 Å². The minimum absolute atomic E-state index is 0.0203. The summed E-state index contributed by atoms with van der Waals surface area (Å²) >= 11 is 0. The number of hydrogen-bond acceptors (Lipinski definition) is 3. The van der Waals surface area contributed by atoms with Crippen LogP contribution in [-0.4, -0.2) is 55.0 Å². The van der Waals surface area contributed by atoms with Crippen molar-refractivity contribution >= 4 is 16.1 Å². The number of nitrogens with zero attached hydrogens (tertiary/aromatic N) is 2. The van der Waals surface area contributed by atoms with Crippen LogP contribution in [0.15, 0.2) is 29.2 Å². The third-order valence-corrected chi connectivity index (χ3v) is 5.20. The summed E-state index contributed by atoms with van der Waals surface area (Å²) < 4.78 is 63.6. The number of halogens is 3. The van der Waals surface area contributed by atoms with Crippen molar-refractivity contribution in [3.63, 3.8) is 0 Å². The van der Waals surface area contributed by atoms with E-state index in [0.29, 0.717) is 6.07 Å². The van der Waals surface area contributed by atoms with Crippen molar-refractivity contribution < 1.29 is 31.5 Å². The SMILES string of the molecule is O=C(O)N1CCN(S(=O)(=O)c2cccc(C(F)(F)F)c2)CC1. The zero-order chi connectivity index (χ0) is 16.5. The van der Waals surface area contributed by atoms with Gasteiger partial charge in [-0.15, -0.1) is 0 Å². The molecule has 1 aliphatic heterocycles. The van der Waals surface area contributed by atoms with Gasteiger partial charge in [0.2, 0.25) is 10.0 Å². The van der Waals surface area contributed by atoms with E-state index >= 15 is 0 Å². The monoisotopic (exact) mass is 338 g/mol. The van der Waals surface area contributed by atoms with Gasteiger partial charge in [-0.05, 0) is 18.2 Å². The molecule has 1 N–H and O–H groups in total. The van der Waals surface area contributed by atoms with Crippen molar-refractivity contribution in [2.75, 3.05) is 26.2 Å². The van der Waals surface area contributed by atoms with E-state index < -0.39 is 32.8 Å². The zero-order valence-corrected chi connectivity index (χ0v) is 12.1. The summed E-state index contributed by atoms with van der Waals surface area (Å²) in [5.41, 5.74) is -1.04. The number of carboxylic acid groups (broad SMARTS) is 1. The summed E-state index contributed by atoms with van der Waals surface area (Å²) in [6.45, 7) is -0.225. The number of rotatable bonds is 2. The summed E-state index contributed by atoms with van der Waals surface area (Å²) in [6, 6.07) is 3.50. The molecule has 1 heterocycles. The van der Waals surface area contributed by atoms with Gasteiger partial charge in [-0.3, -0.25) is 0 Å². The number of amides is 1. The summed E-state index contributed by atoms with van der Waals surface area (Å²) in [5, 5.41) is 8.80. The summed E-state index contributed by atoms with van der Waals surface area (Å²) in [6.07, 6.45) is -5.79. The van der Waals surface area contributed by atoms with Gasteiger partial charge < -0.3 is 10.0 Å². The minimum atomic E-state index is -4.63. The standard InChI is InChI=1S/C12H13F3N2O4S/c13-12(14,15)9-2-1-3-10(8-9)22(20,21)17-6-4-16(5-7-17)11(18)19/h1-3,8H,4-7H2,(H,18,19). The molecule has 10 heteroatoms. The van der Waals surface area contributed by atoms with Crippen molar-refractivity contribution in [1.29, 1.82) is 0 Å². The lowest BCUT2D eigenvalue weighted by Gasteiger charge is -2.32. The van der Waals surface area contributed by atoms with Crippen LogP contribution in [-0.2, 0) is 16.2 Å². The van der Waals surface area contributed by atoms with E-state index in [1.165, 1.54) is 0 Å². The van der Waals surface area contributed by atoms with Crippen LogP contribution < -0.4 is 0 Å². The van der Waals surface area contributed by atoms with Crippen LogP contribution in [0, 0.1) is 0 Å². The van der Waals surface area contributed by atoms with Gasteiger partial charge in [-0.25, -0.2) is 13.2 Å². The highest BCUT2D eigenvalue weighted by molar-refractivity contribution is 7.89. The smallest absolute Gasteiger partial charge is 0.416 e. The lowest BCUT2D eigenvalue weighted by atomic mass is 10.2. The molecule has 1 amide bonds. The first-order valence-electron chi connectivity index (χ1n) is 6.27. The number of carbonyl (C=O) groups is 1. The maximum atomic E-state index is 12.7. The number of benzene rings is 1. The van der Waals surface area contributed by atoms with Crippen molar-refractivity contribution in [2.24, 2.45) is 0 Å². The molecule has 1 saturated heterocycles. The topological polar surface area (TPSA) is 77.9 Å². The molecule has 0 aliphatic carbocycles. The second-order valence-corrected chi connectivity index (χ2v) is 6.64. The van der Waals surface area contributed by atoms with E-state index in [-0.39, 0.29) is 26.2 Å². The number of alkyl halides is 3. The Labute approximate surface area is 124 Å². The van der Waals surface area contributed by atoms with Crippen molar-refractivity contribution in [1.82, 2.24) is 9.21 Å². The average Bonchev–Trinajstić information content (AvgIpc) is 2.46. The maximum absolute atomic E-state index is 12.7. The first kappa shape index (κ1) is 16.6. The van der Waals surface area contributed by atoms with Gasteiger partial charge in [0, 0.05) is 26.2 Å². The minimum Gasteiger partial charge on any atom is -0.465 e. The molecule has 0 unspecified atom stereocenters. The molecule has 0 aromatic heterocycles. The first-order chi connectivity index (χ1) is 10.1. The third kappa shape index (κ3) is 3.33. The highest BCUT2D eigenvalue weighted by Gasteiger charge is 2.34. The van der Waals surface area contributed by atoms with Gasteiger partial charge in [-0.2, -0.15) is 17.5 Å². The summed E-state index contributed by atoms with van der Waals surface area (Å²) in [5.74, 6) is 0. The van der Waals surface area contributed by atoms with E-state index in [4.69, 9.17) is 5.11 Å². The Morgan fingerprint density at radius 3 is 2.23 bits per heavy atom. The van der Waals surface area contributed by atoms with Gasteiger partial charge in [0.15, 0.2) is 0 Å². The lowest BCUT2D eigenvalue weighted by Crippen LogP contribution is -2.50. The van der Waals surface area contributed by atoms with Crippen LogP contribution in [0.2, 0.25) is 0 Å². The lowest BCUT2D eigenvalue weighted by molar-refractivity contribution is -0.137. The second kappa shape index (κ2) is 5.76. The third-order valence-electron chi connectivity index (χ3n) is 3.31.